The van der Waals surface area contributed by atoms with Crippen LogP contribution in [0.25, 0.3) is 5.69 Å². The van der Waals surface area contributed by atoms with Crippen molar-refractivity contribution >= 4 is 48.0 Å². The number of aryl methyl sites for hydroxylation is 1. The summed E-state index contributed by atoms with van der Waals surface area (Å²) in [6.45, 7) is 1.08. The Morgan fingerprint density at radius 2 is 1.82 bits per heavy atom. The molecule has 0 aliphatic carbocycles. The van der Waals surface area contributed by atoms with E-state index in [2.05, 4.69) is 76.8 Å². The van der Waals surface area contributed by atoms with E-state index in [4.69, 9.17) is 18.1 Å². The van der Waals surface area contributed by atoms with Gasteiger partial charge in [0.25, 0.3) is 0 Å². The van der Waals surface area contributed by atoms with Crippen LogP contribution in [0.15, 0.2) is 41.4 Å². The van der Waals surface area contributed by atoms with Crippen LogP contribution in [-0.2, 0) is 16.7 Å². The molecule has 0 atom stereocenters. The fourth-order valence-corrected chi connectivity index (χ4v) is 6.51. The third-order valence-electron chi connectivity index (χ3n) is 3.60. The van der Waals surface area contributed by atoms with Crippen molar-refractivity contribution in [1.82, 2.24) is 4.57 Å². The maximum atomic E-state index is 10.7. The summed E-state index contributed by atoms with van der Waals surface area (Å²) < 4.78 is 65.8. The van der Waals surface area contributed by atoms with Gasteiger partial charge in [0, 0.05) is 0 Å². The summed E-state index contributed by atoms with van der Waals surface area (Å²) in [6.07, 6.45) is 6.99. The van der Waals surface area contributed by atoms with Crippen molar-refractivity contribution < 1.29 is 35.8 Å². The second-order valence-corrected chi connectivity index (χ2v) is 23.8. The van der Waals surface area contributed by atoms with E-state index in [9.17, 15) is 13.2 Å². The van der Waals surface area contributed by atoms with E-state index in [-0.39, 0.29) is 6.61 Å². The Bertz CT molecular complexity index is 896. The first kappa shape index (κ1) is 25.4. The molecule has 0 saturated heterocycles. The molecule has 0 radical (unpaired) electrons. The van der Waals surface area contributed by atoms with Crippen molar-refractivity contribution in [2.45, 2.75) is 33.3 Å². The monoisotopic (exact) mass is 594 g/mol. The molecule has 158 valence electrons. The molecule has 0 aliphatic rings. The molecule has 1 aromatic carbocycles. The molecule has 0 spiro atoms. The van der Waals surface area contributed by atoms with Crippen LogP contribution in [0.4, 0.5) is 13.2 Å². The van der Waals surface area contributed by atoms with Crippen LogP contribution in [0, 0.1) is 0 Å². The van der Waals surface area contributed by atoms with Gasteiger partial charge in [-0.15, -0.1) is 0 Å². The molecule has 0 aliphatic heterocycles. The second kappa shape index (κ2) is 9.92. The Balaban J connectivity index is 0.000000416. The topological polar surface area (TPSA) is 86.2 Å². The summed E-state index contributed by atoms with van der Waals surface area (Å²) in [5.74, 6) is 0. The van der Waals surface area contributed by atoms with Crippen molar-refractivity contribution in [3.63, 3.8) is 0 Å². The molecule has 1 aromatic heterocycles. The number of rotatable bonds is 5. The predicted octanol–water partition coefficient (Wildman–Crippen LogP) is 2.51. The van der Waals surface area contributed by atoms with Gasteiger partial charge in [-0.05, 0) is 0 Å². The first-order valence-corrected chi connectivity index (χ1v) is 20.4. The van der Waals surface area contributed by atoms with E-state index in [0.717, 1.165) is 17.4 Å². The van der Waals surface area contributed by atoms with Crippen LogP contribution >= 0.6 is 15.9 Å². The van der Waals surface area contributed by atoms with Crippen molar-refractivity contribution in [2.24, 2.45) is 0 Å². The summed E-state index contributed by atoms with van der Waals surface area (Å²) >= 11 is 1.56. The number of alkyl halides is 3. The zero-order valence-corrected chi connectivity index (χ0v) is 20.8. The van der Waals surface area contributed by atoms with E-state index in [0.29, 0.717) is 0 Å². The first-order chi connectivity index (χ1) is 12.6. The Kier molecular flexibility index (Phi) is 9.00. The minimum atomic E-state index is -6.09. The van der Waals surface area contributed by atoms with Gasteiger partial charge in [-0.25, -0.2) is 8.42 Å². The van der Waals surface area contributed by atoms with Gasteiger partial charge in [-0.1, -0.05) is 0 Å². The molecule has 0 fully saturated rings. The first-order valence-electron chi connectivity index (χ1n) is 8.16. The average molecular weight is 594 g/mol. The number of aliphatic hydroxyl groups is 1. The Morgan fingerprint density at radius 3 is 2.29 bits per heavy atom. The van der Waals surface area contributed by atoms with Gasteiger partial charge in [0.2, 0.25) is 0 Å². The van der Waals surface area contributed by atoms with Gasteiger partial charge in [-0.3, -0.25) is 0 Å². The van der Waals surface area contributed by atoms with Gasteiger partial charge >= 0.3 is 139 Å². The van der Waals surface area contributed by atoms with Gasteiger partial charge in [-0.2, -0.15) is 13.2 Å². The summed E-state index contributed by atoms with van der Waals surface area (Å²) in [4.78, 5) is 7.28. The third kappa shape index (κ3) is 8.01. The number of hydrogen-bond acceptors (Lipinski definition) is 4. The van der Waals surface area contributed by atoms with E-state index in [1.807, 2.05) is 0 Å². The third-order valence-corrected chi connectivity index (χ3v) is 10.4. The van der Waals surface area contributed by atoms with Crippen LogP contribution in [0.1, 0.15) is 6.42 Å². The molecular weight excluding hydrogens is 572 g/mol. The van der Waals surface area contributed by atoms with Gasteiger partial charge in [0.1, 0.15) is 0 Å². The average Bonchev–Trinajstić information content (AvgIpc) is 2.99. The van der Waals surface area contributed by atoms with Crippen LogP contribution in [0.3, 0.4) is 0 Å². The summed E-state index contributed by atoms with van der Waals surface area (Å²) in [6, 6.07) is 6.73. The summed E-state index contributed by atoms with van der Waals surface area (Å²) in [5.41, 5.74) is -4.45. The molecule has 12 heteroatoms. The molecule has 28 heavy (non-hydrogen) atoms. The standard InChI is InChI=1S/C12H13BrN2O.CHF3O3S.3CH3.Sn/c13-11-3-1-4-12(9-11)15-7-6-14(10-15)5-2-8-16;2-1(3,4)8(5,6)7;;;;/h3-4,6-7,9-10,16H,2,5,8H2;(H,5,6,7);3*1H3;/q+1;;;;;/p-1. The summed E-state index contributed by atoms with van der Waals surface area (Å²) in [7, 11) is -6.09. The summed E-state index contributed by atoms with van der Waals surface area (Å²) in [5, 5.41) is 8.89. The van der Waals surface area contributed by atoms with Gasteiger partial charge < -0.3 is 4.55 Å². The fraction of sp³-hybridized carbons (Fsp3) is 0.438. The number of halogens is 4. The molecule has 6 nitrogen and oxygen atoms in total. The van der Waals surface area contributed by atoms with E-state index in [1.165, 1.54) is 9.27 Å². The van der Waals surface area contributed by atoms with Crippen LogP contribution < -0.4 is 8.15 Å². The van der Waals surface area contributed by atoms with Gasteiger partial charge in [0.05, 0.1) is 0 Å². The zero-order chi connectivity index (χ0) is 21.8. The normalized spacial score (nSPS) is 12.5. The molecule has 2 aromatic rings. The van der Waals surface area contributed by atoms with Gasteiger partial charge in [0.15, 0.2) is 10.1 Å². The number of nitrogens with zero attached hydrogens (tertiary/aromatic N) is 2. The van der Waals surface area contributed by atoms with Crippen molar-refractivity contribution in [2.75, 3.05) is 6.61 Å². The Morgan fingerprint density at radius 1 is 1.25 bits per heavy atom. The number of aromatic nitrogens is 2. The number of benzene rings is 1. The van der Waals surface area contributed by atoms with Crippen LogP contribution in [0.5, 0.6) is 0 Å². The fourth-order valence-electron chi connectivity index (χ4n) is 2.09. The molecule has 0 amide bonds. The van der Waals surface area contributed by atoms with Crippen molar-refractivity contribution in [3.8, 4) is 5.69 Å². The van der Waals surface area contributed by atoms with Crippen LogP contribution in [-0.4, -0.2) is 53.1 Å². The molecule has 1 heterocycles. The number of aliphatic hydroxyl groups excluding tert-OH is 1. The number of imidazole rings is 1. The Labute approximate surface area is 174 Å². The number of hydrogen-bond donors (Lipinski definition) is 1. The predicted molar refractivity (Wildman–Crippen MR) is 104 cm³/mol. The Hall–Kier alpha value is -0.631. The zero-order valence-electron chi connectivity index (χ0n) is 15.6. The van der Waals surface area contributed by atoms with Crippen molar-refractivity contribution in [1.29, 1.82) is 0 Å². The quantitative estimate of drug-likeness (QED) is 0.250. The molecular formula is C16H22BrF3N2O4SSn. The molecule has 1 N–H and O–H groups in total. The maximum absolute atomic E-state index is 10.7. The van der Waals surface area contributed by atoms with E-state index >= 15 is 0 Å². The molecule has 2 rings (SSSR count). The van der Waals surface area contributed by atoms with Crippen molar-refractivity contribution in [3.05, 3.63) is 41.4 Å². The minimum absolute atomic E-state index is 0.234. The van der Waals surface area contributed by atoms with E-state index in [1.54, 1.807) is 0 Å². The molecule has 0 unspecified atom stereocenters. The molecule has 0 bridgehead atoms. The van der Waals surface area contributed by atoms with E-state index < -0.39 is 34.0 Å². The SMILES string of the molecule is O=S(=O)([O-])C(F)(F)F.[CH3][Sn]([CH3])([CH3])[c]1cc(Br)cc(-n2cc[n+](CCCO)c2)c1. The molecule has 0 saturated carbocycles. The van der Waals surface area contributed by atoms with Crippen LogP contribution in [0.2, 0.25) is 14.8 Å². The second-order valence-electron chi connectivity index (χ2n) is 6.98.